The highest BCUT2D eigenvalue weighted by molar-refractivity contribution is 5.66. The van der Waals surface area contributed by atoms with Crippen molar-refractivity contribution in [3.8, 4) is 11.1 Å². The summed E-state index contributed by atoms with van der Waals surface area (Å²) in [7, 11) is 2.07. The molecule has 0 aromatic heterocycles. The van der Waals surface area contributed by atoms with Crippen LogP contribution in [0, 0.1) is 13.8 Å². The molecule has 19 heavy (non-hydrogen) atoms. The van der Waals surface area contributed by atoms with E-state index in [4.69, 9.17) is 0 Å². The van der Waals surface area contributed by atoms with Crippen LogP contribution in [0.3, 0.4) is 0 Å². The molecule has 0 spiro atoms. The third kappa shape index (κ3) is 2.31. The van der Waals surface area contributed by atoms with E-state index < -0.39 is 0 Å². The van der Waals surface area contributed by atoms with E-state index in [-0.39, 0.29) is 5.54 Å². The zero-order valence-electron chi connectivity index (χ0n) is 12.0. The summed E-state index contributed by atoms with van der Waals surface area (Å²) in [5.41, 5.74) is 6.98. The van der Waals surface area contributed by atoms with Crippen LogP contribution in [0.5, 0.6) is 0 Å². The van der Waals surface area contributed by atoms with Crippen molar-refractivity contribution < 1.29 is 0 Å². The molecular weight excluding hydrogens is 230 g/mol. The van der Waals surface area contributed by atoms with Crippen LogP contribution in [0.25, 0.3) is 11.1 Å². The Morgan fingerprint density at radius 2 is 1.58 bits per heavy atom. The van der Waals surface area contributed by atoms with Crippen molar-refractivity contribution >= 4 is 0 Å². The van der Waals surface area contributed by atoms with E-state index in [0.29, 0.717) is 0 Å². The van der Waals surface area contributed by atoms with Crippen molar-refractivity contribution in [1.29, 1.82) is 0 Å². The highest BCUT2D eigenvalue weighted by atomic mass is 15.0. The number of hydrogen-bond donors (Lipinski definition) is 1. The number of rotatable bonds is 3. The molecule has 0 saturated heterocycles. The highest BCUT2D eigenvalue weighted by Crippen LogP contribution is 2.45. The fourth-order valence-corrected chi connectivity index (χ4v) is 2.95. The summed E-state index contributed by atoms with van der Waals surface area (Å²) in [5.74, 6) is 0. The molecule has 0 radical (unpaired) electrons. The maximum atomic E-state index is 3.47. The molecule has 2 aromatic rings. The summed E-state index contributed by atoms with van der Waals surface area (Å²) in [4.78, 5) is 0. The Kier molecular flexibility index (Phi) is 2.94. The molecule has 0 unspecified atom stereocenters. The van der Waals surface area contributed by atoms with Gasteiger partial charge in [-0.3, -0.25) is 0 Å². The summed E-state index contributed by atoms with van der Waals surface area (Å²) in [6, 6.07) is 15.7. The fourth-order valence-electron chi connectivity index (χ4n) is 2.95. The van der Waals surface area contributed by atoms with Crippen molar-refractivity contribution in [3.63, 3.8) is 0 Å². The van der Waals surface area contributed by atoms with Gasteiger partial charge in [-0.15, -0.1) is 0 Å². The molecule has 0 bridgehead atoms. The van der Waals surface area contributed by atoms with E-state index in [9.17, 15) is 0 Å². The van der Waals surface area contributed by atoms with Gasteiger partial charge in [-0.2, -0.15) is 0 Å². The van der Waals surface area contributed by atoms with Crippen LogP contribution < -0.4 is 5.32 Å². The predicted octanol–water partition coefficient (Wildman–Crippen LogP) is 4.18. The Labute approximate surface area is 115 Å². The first-order valence-corrected chi connectivity index (χ1v) is 7.01. The fraction of sp³-hybridized carbons (Fsp3) is 0.333. The molecule has 1 aliphatic rings. The topological polar surface area (TPSA) is 12.0 Å². The minimum absolute atomic E-state index is 0.245. The molecule has 1 saturated carbocycles. The lowest BCUT2D eigenvalue weighted by Gasteiger charge is -2.16. The van der Waals surface area contributed by atoms with Gasteiger partial charge in [0, 0.05) is 5.54 Å². The molecule has 1 heteroatoms. The van der Waals surface area contributed by atoms with Crippen LogP contribution in [0.15, 0.2) is 42.5 Å². The number of nitrogens with one attached hydrogen (secondary N) is 1. The monoisotopic (exact) mass is 251 g/mol. The Hall–Kier alpha value is -1.60. The minimum Gasteiger partial charge on any atom is -0.310 e. The van der Waals surface area contributed by atoms with Gasteiger partial charge in [-0.1, -0.05) is 47.5 Å². The van der Waals surface area contributed by atoms with Gasteiger partial charge in [-0.05, 0) is 56.5 Å². The van der Waals surface area contributed by atoms with E-state index in [0.717, 1.165) is 0 Å². The standard InChI is InChI=1S/C18H21N/c1-13-9-14(2)11-16(10-13)15-5-4-6-17(12-15)18(19-3)7-8-18/h4-6,9-12,19H,7-8H2,1-3H3. The number of hydrogen-bond acceptors (Lipinski definition) is 1. The van der Waals surface area contributed by atoms with E-state index in [1.165, 1.54) is 40.7 Å². The molecule has 1 aliphatic carbocycles. The largest absolute Gasteiger partial charge is 0.310 e. The third-order valence-electron chi connectivity index (χ3n) is 4.20. The molecule has 1 nitrogen and oxygen atoms in total. The maximum Gasteiger partial charge on any atom is 0.0434 e. The van der Waals surface area contributed by atoms with E-state index in [2.05, 4.69) is 68.7 Å². The van der Waals surface area contributed by atoms with Crippen molar-refractivity contribution in [1.82, 2.24) is 5.32 Å². The van der Waals surface area contributed by atoms with Crippen molar-refractivity contribution in [2.75, 3.05) is 7.05 Å². The van der Waals surface area contributed by atoms with Crippen molar-refractivity contribution in [2.24, 2.45) is 0 Å². The molecule has 3 rings (SSSR count). The Balaban J connectivity index is 2.04. The van der Waals surface area contributed by atoms with E-state index >= 15 is 0 Å². The third-order valence-corrected chi connectivity index (χ3v) is 4.20. The Morgan fingerprint density at radius 1 is 0.895 bits per heavy atom. The lowest BCUT2D eigenvalue weighted by molar-refractivity contribution is 0.586. The van der Waals surface area contributed by atoms with Gasteiger partial charge in [0.25, 0.3) is 0 Å². The quantitative estimate of drug-likeness (QED) is 0.863. The molecule has 0 atom stereocenters. The maximum absolute atomic E-state index is 3.47. The first kappa shape index (κ1) is 12.4. The first-order valence-electron chi connectivity index (χ1n) is 7.01. The summed E-state index contributed by atoms with van der Waals surface area (Å²) in [6.07, 6.45) is 2.50. The van der Waals surface area contributed by atoms with Crippen LogP contribution in [-0.2, 0) is 5.54 Å². The molecule has 98 valence electrons. The van der Waals surface area contributed by atoms with Crippen LogP contribution >= 0.6 is 0 Å². The zero-order chi connectivity index (χ0) is 13.5. The molecule has 2 aromatic carbocycles. The SMILES string of the molecule is CNC1(c2cccc(-c3cc(C)cc(C)c3)c2)CC1. The lowest BCUT2D eigenvalue weighted by atomic mass is 9.96. The lowest BCUT2D eigenvalue weighted by Crippen LogP contribution is -2.24. The average Bonchev–Trinajstić information content (AvgIpc) is 3.19. The average molecular weight is 251 g/mol. The van der Waals surface area contributed by atoms with Crippen molar-refractivity contribution in [2.45, 2.75) is 32.2 Å². The zero-order valence-corrected chi connectivity index (χ0v) is 12.0. The smallest absolute Gasteiger partial charge is 0.0434 e. The van der Waals surface area contributed by atoms with Gasteiger partial charge in [0.1, 0.15) is 0 Å². The minimum atomic E-state index is 0.245. The van der Waals surface area contributed by atoms with Crippen LogP contribution in [0.2, 0.25) is 0 Å². The molecule has 0 heterocycles. The summed E-state index contributed by atoms with van der Waals surface area (Å²) < 4.78 is 0. The van der Waals surface area contributed by atoms with Gasteiger partial charge in [0.2, 0.25) is 0 Å². The van der Waals surface area contributed by atoms with Crippen LogP contribution in [-0.4, -0.2) is 7.05 Å². The van der Waals surface area contributed by atoms with Crippen LogP contribution in [0.1, 0.15) is 29.5 Å². The predicted molar refractivity (Wildman–Crippen MR) is 81.3 cm³/mol. The number of aryl methyl sites for hydroxylation is 2. The Bertz CT molecular complexity index is 589. The van der Waals surface area contributed by atoms with Gasteiger partial charge < -0.3 is 5.32 Å². The van der Waals surface area contributed by atoms with Crippen LogP contribution in [0.4, 0.5) is 0 Å². The molecule has 0 amide bonds. The molecule has 1 N–H and O–H groups in total. The van der Waals surface area contributed by atoms with E-state index in [1.54, 1.807) is 0 Å². The normalized spacial score (nSPS) is 16.4. The Morgan fingerprint density at radius 3 is 2.16 bits per heavy atom. The second-order valence-electron chi connectivity index (χ2n) is 5.79. The molecule has 0 aliphatic heterocycles. The molecule has 1 fully saturated rings. The number of benzene rings is 2. The van der Waals surface area contributed by atoms with Gasteiger partial charge in [0.05, 0.1) is 0 Å². The van der Waals surface area contributed by atoms with E-state index in [1.807, 2.05) is 0 Å². The summed E-state index contributed by atoms with van der Waals surface area (Å²) >= 11 is 0. The van der Waals surface area contributed by atoms with Gasteiger partial charge in [0.15, 0.2) is 0 Å². The molecular formula is C18H21N. The highest BCUT2D eigenvalue weighted by Gasteiger charge is 2.42. The van der Waals surface area contributed by atoms with Gasteiger partial charge >= 0.3 is 0 Å². The summed E-state index contributed by atoms with van der Waals surface area (Å²) in [6.45, 7) is 4.33. The summed E-state index contributed by atoms with van der Waals surface area (Å²) in [5, 5.41) is 3.47. The second-order valence-corrected chi connectivity index (χ2v) is 5.79. The van der Waals surface area contributed by atoms with Gasteiger partial charge in [-0.25, -0.2) is 0 Å². The van der Waals surface area contributed by atoms with Crippen molar-refractivity contribution in [3.05, 3.63) is 59.2 Å². The second kappa shape index (κ2) is 4.50. The first-order chi connectivity index (χ1) is 9.13.